The van der Waals surface area contributed by atoms with E-state index in [2.05, 4.69) is 4.74 Å². The van der Waals surface area contributed by atoms with Crippen molar-refractivity contribution in [2.75, 3.05) is 0 Å². The number of carbonyl (C=O) groups excluding carboxylic acids is 2. The first-order chi connectivity index (χ1) is 10.8. The lowest BCUT2D eigenvalue weighted by molar-refractivity contribution is -0.146. The molecule has 0 amide bonds. The van der Waals surface area contributed by atoms with Gasteiger partial charge in [0.15, 0.2) is 11.5 Å². The minimum Gasteiger partial charge on any atom is -0.508 e. The number of aromatic carboxylic acids is 1. The predicted molar refractivity (Wildman–Crippen MR) is 79.5 cm³/mol. The van der Waals surface area contributed by atoms with Crippen molar-refractivity contribution >= 4 is 17.7 Å². The lowest BCUT2D eigenvalue weighted by Gasteiger charge is -2.02. The molecule has 120 valence electrons. The second kappa shape index (κ2) is 8.18. The SMILES string of the molecule is CC(=O)C(=O)Oc1ccccc1O.O=C(O)c1ccc(O)cc1. The van der Waals surface area contributed by atoms with Gasteiger partial charge >= 0.3 is 11.9 Å². The molecule has 0 atom stereocenters. The Morgan fingerprint density at radius 1 is 0.913 bits per heavy atom. The highest BCUT2D eigenvalue weighted by atomic mass is 16.5. The molecule has 0 bridgehead atoms. The number of ketones is 1. The van der Waals surface area contributed by atoms with E-state index in [9.17, 15) is 14.4 Å². The van der Waals surface area contributed by atoms with Gasteiger partial charge < -0.3 is 20.1 Å². The summed E-state index contributed by atoms with van der Waals surface area (Å²) in [7, 11) is 0. The first-order valence-electron chi connectivity index (χ1n) is 6.34. The molecular weight excluding hydrogens is 304 g/mol. The zero-order valence-corrected chi connectivity index (χ0v) is 12.1. The zero-order chi connectivity index (χ0) is 17.4. The first kappa shape index (κ1) is 17.7. The molecule has 0 aliphatic carbocycles. The summed E-state index contributed by atoms with van der Waals surface area (Å²) in [5, 5.41) is 26.3. The van der Waals surface area contributed by atoms with E-state index in [4.69, 9.17) is 15.3 Å². The van der Waals surface area contributed by atoms with Crippen LogP contribution < -0.4 is 4.74 Å². The quantitative estimate of drug-likeness (QED) is 0.449. The van der Waals surface area contributed by atoms with Crippen LogP contribution in [0.2, 0.25) is 0 Å². The smallest absolute Gasteiger partial charge is 0.379 e. The first-order valence-corrected chi connectivity index (χ1v) is 6.34. The molecule has 0 fully saturated rings. The average molecular weight is 318 g/mol. The van der Waals surface area contributed by atoms with Crippen LogP contribution >= 0.6 is 0 Å². The normalized spacial score (nSPS) is 9.26. The van der Waals surface area contributed by atoms with Gasteiger partial charge in [0.1, 0.15) is 5.75 Å². The Hall–Kier alpha value is -3.35. The van der Waals surface area contributed by atoms with E-state index in [1.807, 2.05) is 0 Å². The molecule has 2 aromatic rings. The summed E-state index contributed by atoms with van der Waals surface area (Å²) in [5.41, 5.74) is 0.179. The number of rotatable bonds is 3. The van der Waals surface area contributed by atoms with Gasteiger partial charge in [-0.1, -0.05) is 12.1 Å². The highest BCUT2D eigenvalue weighted by Gasteiger charge is 2.12. The minimum atomic E-state index is -0.986. The standard InChI is InChI=1S/C9H8O4.C7H6O3/c1-6(10)9(12)13-8-5-3-2-4-7(8)11;8-6-3-1-5(2-4-6)7(9)10/h2-5,11H,1H3;1-4,8H,(H,9,10). The third-order valence-electron chi connectivity index (χ3n) is 2.47. The van der Waals surface area contributed by atoms with E-state index in [1.165, 1.54) is 36.4 Å². The van der Waals surface area contributed by atoms with Gasteiger partial charge in [-0.25, -0.2) is 9.59 Å². The maximum Gasteiger partial charge on any atom is 0.379 e. The number of hydrogen-bond acceptors (Lipinski definition) is 6. The Morgan fingerprint density at radius 2 is 1.48 bits per heavy atom. The molecule has 23 heavy (non-hydrogen) atoms. The number of carboxylic acids is 1. The van der Waals surface area contributed by atoms with E-state index in [0.717, 1.165) is 6.92 Å². The molecule has 0 radical (unpaired) electrons. The number of esters is 1. The summed E-state index contributed by atoms with van der Waals surface area (Å²) in [6.07, 6.45) is 0. The molecule has 0 unspecified atom stereocenters. The van der Waals surface area contributed by atoms with Crippen LogP contribution in [0.1, 0.15) is 17.3 Å². The van der Waals surface area contributed by atoms with Crippen LogP contribution in [0.3, 0.4) is 0 Å². The molecule has 7 heteroatoms. The molecule has 0 aromatic heterocycles. The van der Waals surface area contributed by atoms with Gasteiger partial charge in [0, 0.05) is 6.92 Å². The molecule has 0 aliphatic heterocycles. The number of phenols is 2. The highest BCUT2D eigenvalue weighted by Crippen LogP contribution is 2.24. The van der Waals surface area contributed by atoms with Gasteiger partial charge in [0.25, 0.3) is 0 Å². The monoisotopic (exact) mass is 318 g/mol. The Bertz CT molecular complexity index is 705. The van der Waals surface area contributed by atoms with Gasteiger partial charge in [0.2, 0.25) is 5.78 Å². The summed E-state index contributed by atoms with van der Waals surface area (Å²) in [6, 6.07) is 11.3. The molecule has 0 saturated carbocycles. The molecule has 7 nitrogen and oxygen atoms in total. The van der Waals surface area contributed by atoms with E-state index in [0.29, 0.717) is 0 Å². The minimum absolute atomic E-state index is 0.0114. The number of aromatic hydroxyl groups is 2. The number of carbonyl (C=O) groups is 3. The largest absolute Gasteiger partial charge is 0.508 e. The Kier molecular flexibility index (Phi) is 6.30. The van der Waals surface area contributed by atoms with Crippen LogP contribution in [0.25, 0.3) is 0 Å². The number of hydrogen-bond donors (Lipinski definition) is 3. The maximum atomic E-state index is 10.8. The van der Waals surface area contributed by atoms with E-state index in [-0.39, 0.29) is 22.8 Å². The molecule has 2 aromatic carbocycles. The summed E-state index contributed by atoms with van der Waals surface area (Å²) in [6.45, 7) is 1.10. The fourth-order valence-corrected chi connectivity index (χ4v) is 1.32. The lowest BCUT2D eigenvalue weighted by Crippen LogP contribution is -2.16. The van der Waals surface area contributed by atoms with Gasteiger partial charge in [-0.05, 0) is 36.4 Å². The van der Waals surface area contributed by atoms with E-state index in [1.54, 1.807) is 12.1 Å². The van der Waals surface area contributed by atoms with Crippen LogP contribution in [0.15, 0.2) is 48.5 Å². The number of benzene rings is 2. The van der Waals surface area contributed by atoms with Crippen molar-refractivity contribution in [2.24, 2.45) is 0 Å². The third kappa shape index (κ3) is 5.88. The molecule has 0 spiro atoms. The average Bonchev–Trinajstić information content (AvgIpc) is 2.50. The van der Waals surface area contributed by atoms with Crippen molar-refractivity contribution < 1.29 is 34.4 Å². The van der Waals surface area contributed by atoms with E-state index < -0.39 is 17.7 Å². The van der Waals surface area contributed by atoms with Crippen LogP contribution in [-0.2, 0) is 9.59 Å². The number of carboxylic acid groups (broad SMARTS) is 1. The topological polar surface area (TPSA) is 121 Å². The zero-order valence-electron chi connectivity index (χ0n) is 12.1. The van der Waals surface area contributed by atoms with Crippen LogP contribution in [0.5, 0.6) is 17.2 Å². The van der Waals surface area contributed by atoms with Crippen molar-refractivity contribution in [1.29, 1.82) is 0 Å². The van der Waals surface area contributed by atoms with Crippen LogP contribution in [-0.4, -0.2) is 33.0 Å². The fraction of sp³-hybridized carbons (Fsp3) is 0.0625. The predicted octanol–water partition coefficient (Wildman–Crippen LogP) is 1.98. The van der Waals surface area contributed by atoms with Crippen molar-refractivity contribution in [3.63, 3.8) is 0 Å². The van der Waals surface area contributed by atoms with Crippen molar-refractivity contribution in [1.82, 2.24) is 0 Å². The molecule has 2 rings (SSSR count). The maximum absolute atomic E-state index is 10.8. The molecular formula is C16H14O7. The summed E-state index contributed by atoms with van der Waals surface area (Å²) in [4.78, 5) is 31.5. The molecule has 0 aliphatic rings. The second-order valence-electron chi connectivity index (χ2n) is 4.27. The second-order valence-corrected chi connectivity index (χ2v) is 4.27. The molecule has 0 heterocycles. The summed E-state index contributed by atoms with van der Waals surface area (Å²) < 4.78 is 4.57. The molecule has 3 N–H and O–H groups in total. The number of ether oxygens (including phenoxy) is 1. The van der Waals surface area contributed by atoms with Gasteiger partial charge in [-0.2, -0.15) is 0 Å². The van der Waals surface area contributed by atoms with Crippen molar-refractivity contribution in [2.45, 2.75) is 6.92 Å². The number of Topliss-reactive ketones (excluding diaryl/α,β-unsaturated/α-hetero) is 1. The number of para-hydroxylation sites is 2. The Balaban J connectivity index is 0.000000238. The Labute approximate surface area is 131 Å². The number of phenolic OH excluding ortho intramolecular Hbond substituents is 2. The van der Waals surface area contributed by atoms with Gasteiger partial charge in [-0.15, -0.1) is 0 Å². The van der Waals surface area contributed by atoms with E-state index >= 15 is 0 Å². The fourth-order valence-electron chi connectivity index (χ4n) is 1.32. The highest BCUT2D eigenvalue weighted by molar-refractivity contribution is 6.33. The summed E-state index contributed by atoms with van der Waals surface area (Å²) in [5.74, 6) is -2.78. The van der Waals surface area contributed by atoms with Crippen LogP contribution in [0, 0.1) is 0 Å². The van der Waals surface area contributed by atoms with Gasteiger partial charge in [0.05, 0.1) is 5.56 Å². The van der Waals surface area contributed by atoms with Gasteiger partial charge in [-0.3, -0.25) is 4.79 Å². The Morgan fingerprint density at radius 3 is 1.96 bits per heavy atom. The molecule has 0 saturated heterocycles. The summed E-state index contributed by atoms with van der Waals surface area (Å²) >= 11 is 0. The van der Waals surface area contributed by atoms with Crippen molar-refractivity contribution in [3.8, 4) is 17.2 Å². The third-order valence-corrected chi connectivity index (χ3v) is 2.47. The van der Waals surface area contributed by atoms with Crippen LogP contribution in [0.4, 0.5) is 0 Å². The van der Waals surface area contributed by atoms with Crippen molar-refractivity contribution in [3.05, 3.63) is 54.1 Å². The lowest BCUT2D eigenvalue weighted by atomic mass is 10.2.